The van der Waals surface area contributed by atoms with E-state index in [4.69, 9.17) is 0 Å². The lowest BCUT2D eigenvalue weighted by atomic mass is 9.88. The summed E-state index contributed by atoms with van der Waals surface area (Å²) in [6.45, 7) is 7.34. The first-order valence-corrected chi connectivity index (χ1v) is 8.97. The smallest absolute Gasteiger partial charge is 0.0309 e. The van der Waals surface area contributed by atoms with Crippen LogP contribution in [0, 0.1) is 5.92 Å². The first-order chi connectivity index (χ1) is 8.73. The Labute approximate surface area is 116 Å². The van der Waals surface area contributed by atoms with Crippen molar-refractivity contribution in [2.24, 2.45) is 5.92 Å². The molecule has 0 bridgehead atoms. The molecule has 104 valence electrons. The summed E-state index contributed by atoms with van der Waals surface area (Å²) in [5, 5.41) is 3.88. The van der Waals surface area contributed by atoms with Crippen molar-refractivity contribution in [1.82, 2.24) is 10.2 Å². The normalized spacial score (nSPS) is 40.0. The van der Waals surface area contributed by atoms with E-state index in [0.29, 0.717) is 5.54 Å². The number of nitrogens with one attached hydrogen (secondary N) is 1. The Hall–Kier alpha value is 0.270. The fraction of sp³-hybridized carbons (Fsp3) is 1.00. The molecule has 3 rings (SSSR count). The summed E-state index contributed by atoms with van der Waals surface area (Å²) in [6, 6.07) is 1.65. The van der Waals surface area contributed by atoms with Crippen LogP contribution in [-0.2, 0) is 0 Å². The number of piperazine rings is 1. The van der Waals surface area contributed by atoms with Gasteiger partial charge < -0.3 is 5.32 Å². The van der Waals surface area contributed by atoms with Crippen LogP contribution >= 0.6 is 11.8 Å². The SMILES string of the molecule is CCC1CNC(C)(C2CC2)CN1C1CCSCC1. The van der Waals surface area contributed by atoms with Gasteiger partial charge in [0, 0.05) is 30.7 Å². The third-order valence-electron chi connectivity index (χ3n) is 5.33. The molecule has 0 aromatic heterocycles. The van der Waals surface area contributed by atoms with E-state index in [2.05, 4.69) is 35.8 Å². The standard InChI is InChI=1S/C15H28N2S/c1-3-13-10-16-15(2,12-4-5-12)11-17(13)14-6-8-18-9-7-14/h12-14,16H,3-11H2,1-2H3. The lowest BCUT2D eigenvalue weighted by Crippen LogP contribution is -2.66. The zero-order valence-electron chi connectivity index (χ0n) is 12.0. The van der Waals surface area contributed by atoms with E-state index in [1.807, 2.05) is 0 Å². The van der Waals surface area contributed by atoms with Gasteiger partial charge in [-0.25, -0.2) is 0 Å². The minimum Gasteiger partial charge on any atom is -0.308 e. The van der Waals surface area contributed by atoms with Crippen LogP contribution in [0.2, 0.25) is 0 Å². The zero-order chi connectivity index (χ0) is 12.6. The topological polar surface area (TPSA) is 15.3 Å². The molecule has 18 heavy (non-hydrogen) atoms. The molecule has 3 heteroatoms. The summed E-state index contributed by atoms with van der Waals surface area (Å²) >= 11 is 2.15. The summed E-state index contributed by atoms with van der Waals surface area (Å²) in [7, 11) is 0. The molecule has 1 N–H and O–H groups in total. The summed E-state index contributed by atoms with van der Waals surface area (Å²) < 4.78 is 0. The molecule has 2 atom stereocenters. The summed E-state index contributed by atoms with van der Waals surface area (Å²) in [5.41, 5.74) is 0.413. The summed E-state index contributed by atoms with van der Waals surface area (Å²) in [6.07, 6.45) is 7.05. The van der Waals surface area contributed by atoms with Crippen molar-refractivity contribution in [2.45, 2.75) is 63.6 Å². The van der Waals surface area contributed by atoms with Gasteiger partial charge in [-0.2, -0.15) is 11.8 Å². The lowest BCUT2D eigenvalue weighted by molar-refractivity contribution is 0.0334. The molecule has 0 radical (unpaired) electrons. The molecule has 3 fully saturated rings. The molecule has 2 heterocycles. The number of thioether (sulfide) groups is 1. The summed E-state index contributed by atoms with van der Waals surface area (Å²) in [4.78, 5) is 2.88. The predicted octanol–water partition coefficient (Wildman–Crippen LogP) is 2.73. The van der Waals surface area contributed by atoms with Crippen LogP contribution in [-0.4, -0.2) is 47.1 Å². The van der Waals surface area contributed by atoms with Gasteiger partial charge in [0.25, 0.3) is 0 Å². The van der Waals surface area contributed by atoms with Crippen molar-refractivity contribution in [3.63, 3.8) is 0 Å². The second-order valence-corrected chi connectivity index (χ2v) is 7.88. The minimum atomic E-state index is 0.413. The highest BCUT2D eigenvalue weighted by molar-refractivity contribution is 7.99. The molecule has 0 aromatic carbocycles. The van der Waals surface area contributed by atoms with Gasteiger partial charge in [-0.1, -0.05) is 6.92 Å². The minimum absolute atomic E-state index is 0.413. The maximum Gasteiger partial charge on any atom is 0.0309 e. The Kier molecular flexibility index (Phi) is 3.93. The van der Waals surface area contributed by atoms with E-state index in [1.54, 1.807) is 0 Å². The maximum absolute atomic E-state index is 3.88. The molecular weight excluding hydrogens is 240 g/mol. The highest BCUT2D eigenvalue weighted by Gasteiger charge is 2.46. The van der Waals surface area contributed by atoms with E-state index in [9.17, 15) is 0 Å². The average molecular weight is 268 g/mol. The summed E-state index contributed by atoms with van der Waals surface area (Å²) in [5.74, 6) is 3.71. The van der Waals surface area contributed by atoms with E-state index in [-0.39, 0.29) is 0 Å². The van der Waals surface area contributed by atoms with Crippen LogP contribution in [0.4, 0.5) is 0 Å². The van der Waals surface area contributed by atoms with Crippen LogP contribution < -0.4 is 5.32 Å². The molecule has 3 aliphatic rings. The second-order valence-electron chi connectivity index (χ2n) is 6.65. The molecule has 2 aliphatic heterocycles. The molecular formula is C15H28N2S. The van der Waals surface area contributed by atoms with Gasteiger partial charge in [-0.15, -0.1) is 0 Å². The average Bonchev–Trinajstić information content (AvgIpc) is 3.24. The Morgan fingerprint density at radius 1 is 1.22 bits per heavy atom. The first-order valence-electron chi connectivity index (χ1n) is 7.81. The van der Waals surface area contributed by atoms with Crippen LogP contribution in [0.5, 0.6) is 0 Å². The van der Waals surface area contributed by atoms with Gasteiger partial charge in [0.15, 0.2) is 0 Å². The van der Waals surface area contributed by atoms with Crippen LogP contribution in [0.3, 0.4) is 0 Å². The molecule has 2 nitrogen and oxygen atoms in total. The van der Waals surface area contributed by atoms with Gasteiger partial charge in [0.1, 0.15) is 0 Å². The predicted molar refractivity (Wildman–Crippen MR) is 80.3 cm³/mol. The fourth-order valence-corrected chi connectivity index (χ4v) is 4.93. The lowest BCUT2D eigenvalue weighted by Gasteiger charge is -2.50. The Morgan fingerprint density at radius 3 is 2.56 bits per heavy atom. The van der Waals surface area contributed by atoms with Gasteiger partial charge in [0.2, 0.25) is 0 Å². The molecule has 2 unspecified atom stereocenters. The fourth-order valence-electron chi connectivity index (χ4n) is 3.85. The Bertz CT molecular complexity index is 286. The molecule has 2 saturated heterocycles. The van der Waals surface area contributed by atoms with Crippen molar-refractivity contribution >= 4 is 11.8 Å². The number of rotatable bonds is 3. The second kappa shape index (κ2) is 5.34. The van der Waals surface area contributed by atoms with Crippen LogP contribution in [0.15, 0.2) is 0 Å². The van der Waals surface area contributed by atoms with E-state index in [1.165, 1.54) is 56.7 Å². The van der Waals surface area contributed by atoms with Crippen LogP contribution in [0.25, 0.3) is 0 Å². The van der Waals surface area contributed by atoms with Gasteiger partial charge >= 0.3 is 0 Å². The quantitative estimate of drug-likeness (QED) is 0.847. The van der Waals surface area contributed by atoms with Gasteiger partial charge in [-0.3, -0.25) is 4.90 Å². The molecule has 0 spiro atoms. The van der Waals surface area contributed by atoms with Crippen LogP contribution in [0.1, 0.15) is 46.0 Å². The van der Waals surface area contributed by atoms with Crippen molar-refractivity contribution < 1.29 is 0 Å². The third-order valence-corrected chi connectivity index (χ3v) is 6.38. The number of nitrogens with zero attached hydrogens (tertiary/aromatic N) is 1. The molecule has 1 saturated carbocycles. The van der Waals surface area contributed by atoms with E-state index >= 15 is 0 Å². The third kappa shape index (κ3) is 2.59. The van der Waals surface area contributed by atoms with Gasteiger partial charge in [-0.05, 0) is 56.5 Å². The van der Waals surface area contributed by atoms with E-state index in [0.717, 1.165) is 18.0 Å². The number of hydrogen-bond acceptors (Lipinski definition) is 3. The van der Waals surface area contributed by atoms with Crippen molar-refractivity contribution in [3.8, 4) is 0 Å². The highest BCUT2D eigenvalue weighted by Crippen LogP contribution is 2.42. The number of hydrogen-bond donors (Lipinski definition) is 1. The Balaban J connectivity index is 1.70. The zero-order valence-corrected chi connectivity index (χ0v) is 12.8. The van der Waals surface area contributed by atoms with Crippen molar-refractivity contribution in [1.29, 1.82) is 0 Å². The monoisotopic (exact) mass is 268 g/mol. The molecule has 0 amide bonds. The van der Waals surface area contributed by atoms with E-state index < -0.39 is 0 Å². The first kappa shape index (κ1) is 13.3. The van der Waals surface area contributed by atoms with Gasteiger partial charge in [0.05, 0.1) is 0 Å². The van der Waals surface area contributed by atoms with Crippen molar-refractivity contribution in [3.05, 3.63) is 0 Å². The molecule has 1 aliphatic carbocycles. The largest absolute Gasteiger partial charge is 0.308 e. The van der Waals surface area contributed by atoms with Crippen molar-refractivity contribution in [2.75, 3.05) is 24.6 Å². The highest BCUT2D eigenvalue weighted by atomic mass is 32.2. The molecule has 0 aromatic rings. The Morgan fingerprint density at radius 2 is 1.94 bits per heavy atom. The maximum atomic E-state index is 3.88.